The van der Waals surface area contributed by atoms with Crippen LogP contribution in [0.2, 0.25) is 0 Å². The third-order valence-electron chi connectivity index (χ3n) is 8.85. The van der Waals surface area contributed by atoms with E-state index >= 15 is 0 Å². The van der Waals surface area contributed by atoms with E-state index in [2.05, 4.69) is 10.6 Å². The summed E-state index contributed by atoms with van der Waals surface area (Å²) in [6, 6.07) is 4.26. The van der Waals surface area contributed by atoms with Crippen molar-refractivity contribution in [3.8, 4) is 5.75 Å². The Labute approximate surface area is 307 Å². The lowest BCUT2D eigenvalue weighted by molar-refractivity contribution is -0.376. The minimum Gasteiger partial charge on any atom is -0.484 e. The topological polar surface area (TPSA) is 342 Å². The van der Waals surface area contributed by atoms with Gasteiger partial charge in [0.15, 0.2) is 25.5 Å². The average molecular weight is 781 g/mol. The van der Waals surface area contributed by atoms with Gasteiger partial charge in [0.2, 0.25) is 5.91 Å². The molecule has 3 saturated heterocycles. The molecule has 0 bridgehead atoms. The molecule has 2 amide bonds. The first-order chi connectivity index (χ1) is 25.7. The Hall–Kier alpha value is -3.17. The fraction of sp³-hybridized carbons (Fsp3) is 0.719. The SMILES string of the molecule is CC(=O)NC1[C@H](OCCCNC(=O)COc2cccc(C(=O)O)c2)OC(CO)[C@@H](O[C@@H]2OC(CO)[C@H](O)[C@H](O[C@H]3OC(CO)[C@H](O)C(O)[C@@H]3O)C2O)[C@@H]1O. The smallest absolute Gasteiger partial charge is 0.335 e. The Morgan fingerprint density at radius 1 is 0.741 bits per heavy atom. The third-order valence-corrected chi connectivity index (χ3v) is 8.85. The first kappa shape index (κ1) is 43.6. The molecule has 0 aromatic heterocycles. The highest BCUT2D eigenvalue weighted by molar-refractivity contribution is 5.88. The van der Waals surface area contributed by atoms with Crippen LogP contribution in [-0.4, -0.2) is 200 Å². The number of aliphatic hydroxyl groups excluding tert-OH is 9. The Morgan fingerprint density at radius 3 is 1.98 bits per heavy atom. The number of amides is 2. The number of carboxylic acids is 1. The number of carbonyl (C=O) groups excluding carboxylic acids is 2. The number of aliphatic hydroxyl groups is 9. The van der Waals surface area contributed by atoms with Crippen LogP contribution in [0.15, 0.2) is 24.3 Å². The second-order valence-corrected chi connectivity index (χ2v) is 12.7. The quantitative estimate of drug-likeness (QED) is 0.0654. The molecule has 1 aromatic carbocycles. The maximum Gasteiger partial charge on any atom is 0.335 e. The second kappa shape index (κ2) is 20.1. The molecule has 1 aromatic rings. The lowest BCUT2D eigenvalue weighted by Crippen LogP contribution is -2.68. The predicted molar refractivity (Wildman–Crippen MR) is 173 cm³/mol. The summed E-state index contributed by atoms with van der Waals surface area (Å²) in [6.45, 7) is -1.69. The summed E-state index contributed by atoms with van der Waals surface area (Å²) in [5.41, 5.74) is -0.0116. The Bertz CT molecular complexity index is 1370. The summed E-state index contributed by atoms with van der Waals surface area (Å²) in [7, 11) is 0. The number of carbonyl (C=O) groups is 3. The van der Waals surface area contributed by atoms with Crippen LogP contribution in [0.4, 0.5) is 0 Å². The predicted octanol–water partition coefficient (Wildman–Crippen LogP) is -6.12. The fourth-order valence-electron chi connectivity index (χ4n) is 6.00. The maximum absolute atomic E-state index is 12.2. The molecule has 22 nitrogen and oxygen atoms in total. The Morgan fingerprint density at radius 2 is 1.35 bits per heavy atom. The van der Waals surface area contributed by atoms with Gasteiger partial charge in [-0.15, -0.1) is 0 Å². The summed E-state index contributed by atoms with van der Waals surface area (Å²) >= 11 is 0. The molecule has 12 N–H and O–H groups in total. The molecular weight excluding hydrogens is 732 g/mol. The van der Waals surface area contributed by atoms with E-state index in [4.69, 9.17) is 38.3 Å². The van der Waals surface area contributed by atoms with Gasteiger partial charge < -0.3 is 94.9 Å². The van der Waals surface area contributed by atoms with E-state index in [9.17, 15) is 60.3 Å². The maximum atomic E-state index is 12.2. The van der Waals surface area contributed by atoms with E-state index in [1.807, 2.05) is 0 Å². The molecule has 3 aliphatic heterocycles. The zero-order valence-corrected chi connectivity index (χ0v) is 29.0. The largest absolute Gasteiger partial charge is 0.484 e. The fourth-order valence-corrected chi connectivity index (χ4v) is 6.00. The highest BCUT2D eigenvalue weighted by atomic mass is 16.8. The van der Waals surface area contributed by atoms with Crippen LogP contribution in [-0.2, 0) is 38.0 Å². The number of carboxylic acid groups (broad SMARTS) is 1. The molecule has 4 rings (SSSR count). The van der Waals surface area contributed by atoms with Crippen LogP contribution in [0.5, 0.6) is 5.75 Å². The van der Waals surface area contributed by atoms with E-state index in [1.165, 1.54) is 24.3 Å². The summed E-state index contributed by atoms with van der Waals surface area (Å²) in [5.74, 6) is -2.11. The Balaban J connectivity index is 1.35. The molecule has 0 saturated carbocycles. The van der Waals surface area contributed by atoms with E-state index in [1.54, 1.807) is 0 Å². The van der Waals surface area contributed by atoms with Crippen molar-refractivity contribution in [1.29, 1.82) is 0 Å². The van der Waals surface area contributed by atoms with E-state index in [0.29, 0.717) is 0 Å². The molecule has 15 atom stereocenters. The zero-order valence-electron chi connectivity index (χ0n) is 29.0. The van der Waals surface area contributed by atoms with Crippen molar-refractivity contribution in [1.82, 2.24) is 10.6 Å². The van der Waals surface area contributed by atoms with Gasteiger partial charge in [0.25, 0.3) is 5.91 Å². The van der Waals surface area contributed by atoms with E-state index in [-0.39, 0.29) is 30.9 Å². The highest BCUT2D eigenvalue weighted by Crippen LogP contribution is 2.33. The molecule has 54 heavy (non-hydrogen) atoms. The molecule has 6 unspecified atom stereocenters. The van der Waals surface area contributed by atoms with Gasteiger partial charge in [0.1, 0.15) is 78.9 Å². The molecule has 3 aliphatic rings. The molecule has 0 radical (unpaired) electrons. The first-order valence-electron chi connectivity index (χ1n) is 17.0. The lowest BCUT2D eigenvalue weighted by atomic mass is 9.95. The van der Waals surface area contributed by atoms with Crippen LogP contribution < -0.4 is 15.4 Å². The van der Waals surface area contributed by atoms with Gasteiger partial charge in [0, 0.05) is 13.5 Å². The van der Waals surface area contributed by atoms with Crippen molar-refractivity contribution in [2.24, 2.45) is 0 Å². The van der Waals surface area contributed by atoms with Gasteiger partial charge in [-0.3, -0.25) is 9.59 Å². The molecular formula is C32H48N2O20. The van der Waals surface area contributed by atoms with Crippen molar-refractivity contribution >= 4 is 17.8 Å². The van der Waals surface area contributed by atoms with Gasteiger partial charge in [-0.05, 0) is 24.6 Å². The van der Waals surface area contributed by atoms with E-state index in [0.717, 1.165) is 6.92 Å². The number of ether oxygens (including phenoxy) is 7. The summed E-state index contributed by atoms with van der Waals surface area (Å²) in [5, 5.41) is 108. The average Bonchev–Trinajstić information content (AvgIpc) is 3.15. The van der Waals surface area contributed by atoms with Crippen molar-refractivity contribution < 1.29 is 98.6 Å². The normalized spacial score (nSPS) is 37.0. The van der Waals surface area contributed by atoms with Crippen molar-refractivity contribution in [2.75, 3.05) is 39.6 Å². The van der Waals surface area contributed by atoms with Crippen molar-refractivity contribution in [2.45, 2.75) is 105 Å². The molecule has 306 valence electrons. The number of aromatic carboxylic acids is 1. The van der Waals surface area contributed by atoms with Crippen LogP contribution in [0.3, 0.4) is 0 Å². The van der Waals surface area contributed by atoms with Crippen LogP contribution >= 0.6 is 0 Å². The standard InChI is InChI=1S/C32H48N2O20/c1-13(38)34-20-23(42)27(18(11-37)52-30(20)48-7-3-6-33-19(39)12-49-15-5-2-4-14(8-15)29(46)47)53-32-26(45)28(22(41)17(10-36)51-32)54-31-25(44)24(43)21(40)16(9-35)50-31/h2,4-5,8,16-18,20-28,30-32,35-37,40-45H,3,6-7,9-12H2,1H3,(H,33,39)(H,34,38)(H,46,47)/t16?,17?,18?,20?,21-,22-,23+,24?,25-,26?,27+,28-,30+,31+,32-/m0/s1. The zero-order chi connectivity index (χ0) is 39.7. The Kier molecular flexibility index (Phi) is 16.2. The highest BCUT2D eigenvalue weighted by Gasteiger charge is 2.54. The second-order valence-electron chi connectivity index (χ2n) is 12.7. The number of rotatable bonds is 17. The van der Waals surface area contributed by atoms with Crippen molar-refractivity contribution in [3.63, 3.8) is 0 Å². The molecule has 0 aliphatic carbocycles. The molecule has 3 heterocycles. The molecule has 0 spiro atoms. The molecule has 22 heteroatoms. The summed E-state index contributed by atoms with van der Waals surface area (Å²) in [4.78, 5) is 35.4. The van der Waals surface area contributed by atoms with E-state index < -0.39 is 136 Å². The van der Waals surface area contributed by atoms with Gasteiger partial charge in [-0.25, -0.2) is 4.79 Å². The number of benzene rings is 1. The summed E-state index contributed by atoms with van der Waals surface area (Å²) in [6.07, 6.45) is -23.4. The summed E-state index contributed by atoms with van der Waals surface area (Å²) < 4.78 is 39.1. The van der Waals surface area contributed by atoms with Crippen LogP contribution in [0, 0.1) is 0 Å². The van der Waals surface area contributed by atoms with Crippen molar-refractivity contribution in [3.05, 3.63) is 29.8 Å². The third kappa shape index (κ3) is 10.8. The van der Waals surface area contributed by atoms with Gasteiger partial charge in [0.05, 0.1) is 32.0 Å². The monoisotopic (exact) mass is 780 g/mol. The lowest BCUT2D eigenvalue weighted by Gasteiger charge is -2.48. The van der Waals surface area contributed by atoms with Gasteiger partial charge in [-0.1, -0.05) is 6.07 Å². The first-order valence-corrected chi connectivity index (χ1v) is 17.0. The van der Waals surface area contributed by atoms with Crippen LogP contribution in [0.25, 0.3) is 0 Å². The number of hydrogen-bond acceptors (Lipinski definition) is 19. The van der Waals surface area contributed by atoms with Crippen LogP contribution in [0.1, 0.15) is 23.7 Å². The van der Waals surface area contributed by atoms with Gasteiger partial charge in [-0.2, -0.15) is 0 Å². The number of hydrogen-bond donors (Lipinski definition) is 12. The minimum atomic E-state index is -1.97. The minimum absolute atomic E-state index is 0.0116. The molecule has 3 fully saturated rings. The van der Waals surface area contributed by atoms with Gasteiger partial charge >= 0.3 is 5.97 Å². The number of nitrogens with one attached hydrogen (secondary N) is 2.